The zero-order chi connectivity index (χ0) is 21.2. The third-order valence-electron chi connectivity index (χ3n) is 5.45. The van der Waals surface area contributed by atoms with Crippen LogP contribution in [0.3, 0.4) is 0 Å². The maximum absolute atomic E-state index is 13.6. The van der Waals surface area contributed by atoms with E-state index >= 15 is 0 Å². The van der Waals surface area contributed by atoms with Crippen LogP contribution in [-0.4, -0.2) is 41.8 Å². The second kappa shape index (κ2) is 8.56. The second-order valence-electron chi connectivity index (χ2n) is 7.60. The molecule has 2 aliphatic heterocycles. The number of ether oxygens (including phenoxy) is 1. The maximum atomic E-state index is 13.6. The number of hydrazone groups is 1. The van der Waals surface area contributed by atoms with Crippen molar-refractivity contribution >= 4 is 49.9 Å². The van der Waals surface area contributed by atoms with Gasteiger partial charge in [0, 0.05) is 19.4 Å². The molecule has 1 aromatic heterocycles. The Labute approximate surface area is 183 Å². The van der Waals surface area contributed by atoms with E-state index in [-0.39, 0.29) is 24.3 Å². The molecule has 0 bridgehead atoms. The smallest absolute Gasteiger partial charge is 0.276 e. The predicted octanol–water partition coefficient (Wildman–Crippen LogP) is 3.99. The van der Waals surface area contributed by atoms with Crippen LogP contribution in [0.15, 0.2) is 59.7 Å². The number of fused-ring (bicyclic) bond motifs is 1. The Hall–Kier alpha value is -3.10. The van der Waals surface area contributed by atoms with Gasteiger partial charge in [-0.1, -0.05) is 41.7 Å². The van der Waals surface area contributed by atoms with Gasteiger partial charge in [0.2, 0.25) is 5.91 Å². The standard InChI is InChI=1S/C23H22N4O3S/c28-21-13-12-19(25-27(21)16-7-2-1-3-8-16)22(29)26(15-17-9-6-14-30-17)23-24-18-10-4-5-11-20(18)31-23/h1-5,7-8,10-11,17H,6,9,12-15H2/t17-/m1/s1. The monoisotopic (exact) mass is 434 g/mol. The van der Waals surface area contributed by atoms with E-state index in [1.165, 1.54) is 16.3 Å². The van der Waals surface area contributed by atoms with Crippen LogP contribution in [-0.2, 0) is 14.3 Å². The van der Waals surface area contributed by atoms with Crippen LogP contribution in [0.2, 0.25) is 0 Å². The minimum Gasteiger partial charge on any atom is -0.376 e. The molecule has 2 amide bonds. The number of para-hydroxylation sites is 2. The molecule has 3 aromatic rings. The molecule has 7 nitrogen and oxygen atoms in total. The lowest BCUT2D eigenvalue weighted by Crippen LogP contribution is -2.44. The Bertz CT molecular complexity index is 1100. The lowest BCUT2D eigenvalue weighted by atomic mass is 10.1. The van der Waals surface area contributed by atoms with E-state index in [1.807, 2.05) is 54.6 Å². The average Bonchev–Trinajstić information content (AvgIpc) is 3.47. The fraction of sp³-hybridized carbons (Fsp3) is 0.304. The number of thiazole rings is 1. The quantitative estimate of drug-likeness (QED) is 0.609. The average molecular weight is 435 g/mol. The highest BCUT2D eigenvalue weighted by Crippen LogP contribution is 2.31. The number of amides is 2. The summed E-state index contributed by atoms with van der Waals surface area (Å²) in [6, 6.07) is 17.0. The molecule has 5 rings (SSSR count). The largest absolute Gasteiger partial charge is 0.376 e. The SMILES string of the molecule is O=C(C1=NN(c2ccccc2)C(=O)CC1)N(C[C@H]1CCCO1)c1nc2ccccc2s1. The second-order valence-corrected chi connectivity index (χ2v) is 8.61. The van der Waals surface area contributed by atoms with Crippen molar-refractivity contribution in [2.75, 3.05) is 23.1 Å². The summed E-state index contributed by atoms with van der Waals surface area (Å²) in [4.78, 5) is 32.5. The van der Waals surface area contributed by atoms with Crippen molar-refractivity contribution in [1.82, 2.24) is 4.98 Å². The summed E-state index contributed by atoms with van der Waals surface area (Å²) in [5, 5.41) is 6.42. The van der Waals surface area contributed by atoms with Crippen LogP contribution in [0.25, 0.3) is 10.2 Å². The van der Waals surface area contributed by atoms with Gasteiger partial charge in [0.25, 0.3) is 5.91 Å². The number of benzene rings is 2. The normalized spacial score (nSPS) is 19.0. The predicted molar refractivity (Wildman–Crippen MR) is 122 cm³/mol. The highest BCUT2D eigenvalue weighted by atomic mass is 32.1. The third-order valence-corrected chi connectivity index (χ3v) is 6.51. The molecule has 3 heterocycles. The molecular formula is C23H22N4O3S. The van der Waals surface area contributed by atoms with Crippen LogP contribution in [0.4, 0.5) is 10.8 Å². The molecular weight excluding hydrogens is 412 g/mol. The molecule has 1 saturated heterocycles. The van der Waals surface area contributed by atoms with Crippen molar-refractivity contribution in [3.63, 3.8) is 0 Å². The number of anilines is 2. The number of aromatic nitrogens is 1. The first-order valence-electron chi connectivity index (χ1n) is 10.4. The molecule has 0 spiro atoms. The number of carbonyl (C=O) groups excluding carboxylic acids is 2. The molecule has 2 aromatic carbocycles. The first-order chi connectivity index (χ1) is 15.2. The summed E-state index contributed by atoms with van der Waals surface area (Å²) in [6.45, 7) is 1.14. The molecule has 1 atom stereocenters. The third kappa shape index (κ3) is 4.08. The number of nitrogens with zero attached hydrogens (tertiary/aromatic N) is 4. The fourth-order valence-electron chi connectivity index (χ4n) is 3.85. The number of carbonyl (C=O) groups is 2. The van der Waals surface area contributed by atoms with E-state index < -0.39 is 0 Å². The van der Waals surface area contributed by atoms with Gasteiger partial charge in [0.05, 0.1) is 28.6 Å². The lowest BCUT2D eigenvalue weighted by molar-refractivity contribution is -0.118. The van der Waals surface area contributed by atoms with Gasteiger partial charge >= 0.3 is 0 Å². The Morgan fingerprint density at radius 2 is 1.94 bits per heavy atom. The molecule has 1 fully saturated rings. The number of hydrogen-bond acceptors (Lipinski definition) is 6. The minimum atomic E-state index is -0.219. The van der Waals surface area contributed by atoms with E-state index in [9.17, 15) is 9.59 Å². The number of rotatable bonds is 5. The molecule has 158 valence electrons. The number of hydrogen-bond donors (Lipinski definition) is 0. The van der Waals surface area contributed by atoms with Gasteiger partial charge in [-0.05, 0) is 37.1 Å². The molecule has 0 unspecified atom stereocenters. The van der Waals surface area contributed by atoms with Crippen molar-refractivity contribution in [3.05, 3.63) is 54.6 Å². The maximum Gasteiger partial charge on any atom is 0.276 e. The van der Waals surface area contributed by atoms with Crippen LogP contribution >= 0.6 is 11.3 Å². The Kier molecular flexibility index (Phi) is 5.48. The van der Waals surface area contributed by atoms with Crippen molar-refractivity contribution in [2.45, 2.75) is 31.8 Å². The summed E-state index contributed by atoms with van der Waals surface area (Å²) in [5.74, 6) is -0.337. The van der Waals surface area contributed by atoms with Crippen LogP contribution in [0, 0.1) is 0 Å². The van der Waals surface area contributed by atoms with E-state index in [2.05, 4.69) is 5.10 Å². The Morgan fingerprint density at radius 1 is 1.13 bits per heavy atom. The Morgan fingerprint density at radius 3 is 2.71 bits per heavy atom. The highest BCUT2D eigenvalue weighted by Gasteiger charge is 2.32. The molecule has 0 radical (unpaired) electrons. The first-order valence-corrected chi connectivity index (χ1v) is 11.3. The van der Waals surface area contributed by atoms with Gasteiger partial charge in [-0.15, -0.1) is 0 Å². The highest BCUT2D eigenvalue weighted by molar-refractivity contribution is 7.22. The summed E-state index contributed by atoms with van der Waals surface area (Å²) in [7, 11) is 0. The summed E-state index contributed by atoms with van der Waals surface area (Å²) >= 11 is 1.48. The Balaban J connectivity index is 1.49. The minimum absolute atomic E-state index is 0.0213. The molecule has 0 N–H and O–H groups in total. The summed E-state index contributed by atoms with van der Waals surface area (Å²) in [5.41, 5.74) is 1.88. The van der Waals surface area contributed by atoms with Gasteiger partial charge in [-0.3, -0.25) is 14.5 Å². The van der Waals surface area contributed by atoms with Crippen molar-refractivity contribution in [2.24, 2.45) is 5.10 Å². The topological polar surface area (TPSA) is 75.1 Å². The fourth-order valence-corrected chi connectivity index (χ4v) is 4.82. The summed E-state index contributed by atoms with van der Waals surface area (Å²) in [6.07, 6.45) is 2.44. The molecule has 31 heavy (non-hydrogen) atoms. The van der Waals surface area contributed by atoms with Gasteiger partial charge in [0.1, 0.15) is 5.71 Å². The van der Waals surface area contributed by atoms with E-state index in [0.717, 1.165) is 23.1 Å². The van der Waals surface area contributed by atoms with Crippen molar-refractivity contribution < 1.29 is 14.3 Å². The van der Waals surface area contributed by atoms with Crippen LogP contribution in [0.1, 0.15) is 25.7 Å². The van der Waals surface area contributed by atoms with E-state index in [1.54, 1.807) is 4.90 Å². The molecule has 0 saturated carbocycles. The zero-order valence-electron chi connectivity index (χ0n) is 16.9. The summed E-state index contributed by atoms with van der Waals surface area (Å²) < 4.78 is 6.83. The van der Waals surface area contributed by atoms with Gasteiger partial charge < -0.3 is 4.74 Å². The van der Waals surface area contributed by atoms with Gasteiger partial charge in [-0.25, -0.2) is 9.99 Å². The van der Waals surface area contributed by atoms with Crippen LogP contribution < -0.4 is 9.91 Å². The molecule has 8 heteroatoms. The van der Waals surface area contributed by atoms with Crippen molar-refractivity contribution in [1.29, 1.82) is 0 Å². The lowest BCUT2D eigenvalue weighted by Gasteiger charge is -2.27. The molecule has 0 aliphatic carbocycles. The van der Waals surface area contributed by atoms with E-state index in [4.69, 9.17) is 9.72 Å². The van der Waals surface area contributed by atoms with Gasteiger partial charge in [-0.2, -0.15) is 5.10 Å². The van der Waals surface area contributed by atoms with Crippen molar-refractivity contribution in [3.8, 4) is 0 Å². The first kappa shape index (κ1) is 19.8. The van der Waals surface area contributed by atoms with Crippen LogP contribution in [0.5, 0.6) is 0 Å². The van der Waals surface area contributed by atoms with E-state index in [0.29, 0.717) is 36.1 Å². The zero-order valence-corrected chi connectivity index (χ0v) is 17.8. The molecule has 2 aliphatic rings. The van der Waals surface area contributed by atoms with Gasteiger partial charge in [0.15, 0.2) is 5.13 Å².